The molecule has 0 fully saturated rings. The van der Waals surface area contributed by atoms with Gasteiger partial charge in [0.1, 0.15) is 17.4 Å². The average molecular weight is 432 g/mol. The van der Waals surface area contributed by atoms with Crippen LogP contribution in [0, 0.1) is 28.7 Å². The zero-order valence-corrected chi connectivity index (χ0v) is 15.8. The fraction of sp³-hybridized carbons (Fsp3) is 0.158. The number of aryl methyl sites for hydroxylation is 2. The first-order chi connectivity index (χ1) is 11.4. The molecule has 0 aliphatic rings. The Bertz CT molecular complexity index is 851. The summed E-state index contributed by atoms with van der Waals surface area (Å²) in [5.41, 5.74) is 3.73. The largest absolute Gasteiger partial charge is 0.496 e. The highest BCUT2D eigenvalue weighted by Crippen LogP contribution is 2.23. The van der Waals surface area contributed by atoms with Gasteiger partial charge < -0.3 is 10.1 Å². The topological polar surface area (TPSA) is 62.1 Å². The molecule has 0 bridgehead atoms. The number of hydrogen-bond acceptors (Lipinski definition) is 3. The number of benzene rings is 2. The molecule has 2 aromatic rings. The molecule has 0 aliphatic heterocycles. The molecule has 24 heavy (non-hydrogen) atoms. The minimum absolute atomic E-state index is 0.0502. The van der Waals surface area contributed by atoms with Gasteiger partial charge >= 0.3 is 0 Å². The van der Waals surface area contributed by atoms with Gasteiger partial charge in [-0.15, -0.1) is 0 Å². The quantitative estimate of drug-likeness (QED) is 0.441. The summed E-state index contributed by atoms with van der Waals surface area (Å²) in [4.78, 5) is 12.3. The first-order valence-corrected chi connectivity index (χ1v) is 8.36. The maximum Gasteiger partial charge on any atom is 0.266 e. The third-order valence-electron chi connectivity index (χ3n) is 3.62. The summed E-state index contributed by atoms with van der Waals surface area (Å²) in [7, 11) is 1.60. The van der Waals surface area contributed by atoms with Gasteiger partial charge in [0.25, 0.3) is 5.91 Å². The molecular weight excluding hydrogens is 415 g/mol. The van der Waals surface area contributed by atoms with E-state index in [0.717, 1.165) is 26.0 Å². The van der Waals surface area contributed by atoms with Crippen molar-refractivity contribution in [2.75, 3.05) is 12.4 Å². The van der Waals surface area contributed by atoms with Crippen LogP contribution in [0.25, 0.3) is 6.08 Å². The Hall–Kier alpha value is -2.33. The Morgan fingerprint density at radius 3 is 2.54 bits per heavy atom. The van der Waals surface area contributed by atoms with Crippen LogP contribution >= 0.6 is 22.6 Å². The molecule has 0 atom stereocenters. The predicted molar refractivity (Wildman–Crippen MR) is 104 cm³/mol. The Labute approximate surface area is 155 Å². The Morgan fingerprint density at radius 1 is 1.21 bits per heavy atom. The number of anilines is 1. The van der Waals surface area contributed by atoms with Crippen LogP contribution in [-0.4, -0.2) is 13.0 Å². The van der Waals surface area contributed by atoms with E-state index in [4.69, 9.17) is 4.74 Å². The molecule has 2 aromatic carbocycles. The number of ether oxygens (including phenoxy) is 1. The van der Waals surface area contributed by atoms with Gasteiger partial charge in [-0.05, 0) is 83.5 Å². The van der Waals surface area contributed by atoms with Crippen LogP contribution in [-0.2, 0) is 4.79 Å². The van der Waals surface area contributed by atoms with Crippen LogP contribution in [0.2, 0.25) is 0 Å². The van der Waals surface area contributed by atoms with Gasteiger partial charge in [0.15, 0.2) is 0 Å². The minimum atomic E-state index is -0.424. The number of nitrogens with one attached hydrogen (secondary N) is 1. The lowest BCUT2D eigenvalue weighted by molar-refractivity contribution is -0.112. The van der Waals surface area contributed by atoms with Gasteiger partial charge in [0.05, 0.1) is 10.7 Å². The van der Waals surface area contributed by atoms with E-state index in [1.807, 2.05) is 56.3 Å². The first-order valence-electron chi connectivity index (χ1n) is 7.28. The van der Waals surface area contributed by atoms with Crippen molar-refractivity contribution >= 4 is 40.3 Å². The molecule has 5 heteroatoms. The van der Waals surface area contributed by atoms with Crippen molar-refractivity contribution in [2.45, 2.75) is 13.8 Å². The van der Waals surface area contributed by atoms with Crippen molar-refractivity contribution in [2.24, 2.45) is 0 Å². The number of nitriles is 1. The van der Waals surface area contributed by atoms with Crippen LogP contribution in [0.3, 0.4) is 0 Å². The lowest BCUT2D eigenvalue weighted by Gasteiger charge is -2.07. The predicted octanol–water partition coefficient (Wildman–Crippen LogP) is 4.46. The molecule has 0 unspecified atom stereocenters. The summed E-state index contributed by atoms with van der Waals surface area (Å²) in [5, 5.41) is 12.1. The van der Waals surface area contributed by atoms with Gasteiger partial charge in [-0.25, -0.2) is 0 Å². The number of methoxy groups -OCH3 is 1. The number of carbonyl (C=O) groups excluding carboxylic acids is 1. The third kappa shape index (κ3) is 4.36. The summed E-state index contributed by atoms with van der Waals surface area (Å²) in [5.74, 6) is 0.331. The Balaban J connectivity index is 2.23. The molecule has 0 radical (unpaired) electrons. The van der Waals surface area contributed by atoms with Crippen LogP contribution in [0.1, 0.15) is 16.7 Å². The maximum absolute atomic E-state index is 12.3. The second-order valence-electron chi connectivity index (χ2n) is 5.32. The zero-order valence-electron chi connectivity index (χ0n) is 13.7. The molecule has 0 saturated carbocycles. The van der Waals surface area contributed by atoms with Crippen molar-refractivity contribution in [3.8, 4) is 11.8 Å². The van der Waals surface area contributed by atoms with E-state index in [1.54, 1.807) is 13.2 Å². The smallest absolute Gasteiger partial charge is 0.266 e. The standard InChI is InChI=1S/C19H17IN2O2/c1-12-4-6-16(8-13(12)2)22-19(23)15(11-21)9-14-5-7-18(24-3)17(20)10-14/h4-10H,1-3H3,(H,22,23)/b15-9+. The highest BCUT2D eigenvalue weighted by molar-refractivity contribution is 14.1. The Kier molecular flexibility index (Phi) is 5.99. The molecule has 0 heterocycles. The monoisotopic (exact) mass is 432 g/mol. The summed E-state index contributed by atoms with van der Waals surface area (Å²) in [6, 6.07) is 13.1. The van der Waals surface area contributed by atoms with E-state index in [2.05, 4.69) is 27.9 Å². The second-order valence-corrected chi connectivity index (χ2v) is 6.48. The van der Waals surface area contributed by atoms with Gasteiger partial charge in [0, 0.05) is 5.69 Å². The van der Waals surface area contributed by atoms with E-state index in [0.29, 0.717) is 5.69 Å². The molecule has 0 spiro atoms. The van der Waals surface area contributed by atoms with E-state index < -0.39 is 5.91 Å². The number of hydrogen-bond donors (Lipinski definition) is 1. The molecule has 2 rings (SSSR count). The third-order valence-corrected chi connectivity index (χ3v) is 4.46. The summed E-state index contributed by atoms with van der Waals surface area (Å²) >= 11 is 2.15. The molecule has 0 saturated heterocycles. The SMILES string of the molecule is COc1ccc(/C=C(\C#N)C(=O)Nc2ccc(C)c(C)c2)cc1I. The van der Waals surface area contributed by atoms with Crippen LogP contribution < -0.4 is 10.1 Å². The van der Waals surface area contributed by atoms with E-state index >= 15 is 0 Å². The van der Waals surface area contributed by atoms with Crippen molar-refractivity contribution < 1.29 is 9.53 Å². The normalized spacial score (nSPS) is 10.9. The number of nitrogens with zero attached hydrogens (tertiary/aromatic N) is 1. The summed E-state index contributed by atoms with van der Waals surface area (Å²) < 4.78 is 6.12. The van der Waals surface area contributed by atoms with Crippen LogP contribution in [0.5, 0.6) is 5.75 Å². The number of rotatable bonds is 4. The number of halogens is 1. The molecular formula is C19H17IN2O2. The van der Waals surface area contributed by atoms with Gasteiger partial charge in [-0.1, -0.05) is 12.1 Å². The summed E-state index contributed by atoms with van der Waals surface area (Å²) in [6.45, 7) is 3.98. The van der Waals surface area contributed by atoms with Crippen LogP contribution in [0.15, 0.2) is 42.0 Å². The second kappa shape index (κ2) is 7.97. The van der Waals surface area contributed by atoms with E-state index in [-0.39, 0.29) is 5.57 Å². The molecule has 0 aromatic heterocycles. The van der Waals surface area contributed by atoms with Gasteiger partial charge in [-0.3, -0.25) is 4.79 Å². The number of carbonyl (C=O) groups is 1. The fourth-order valence-electron chi connectivity index (χ4n) is 2.11. The fourth-order valence-corrected chi connectivity index (χ4v) is 2.86. The van der Waals surface area contributed by atoms with Crippen molar-refractivity contribution in [3.63, 3.8) is 0 Å². The maximum atomic E-state index is 12.3. The molecule has 0 aliphatic carbocycles. The van der Waals surface area contributed by atoms with Crippen molar-refractivity contribution in [3.05, 3.63) is 62.2 Å². The number of amides is 1. The van der Waals surface area contributed by atoms with E-state index in [9.17, 15) is 10.1 Å². The average Bonchev–Trinajstić information content (AvgIpc) is 2.56. The Morgan fingerprint density at radius 2 is 1.96 bits per heavy atom. The van der Waals surface area contributed by atoms with Gasteiger partial charge in [-0.2, -0.15) is 5.26 Å². The van der Waals surface area contributed by atoms with E-state index in [1.165, 1.54) is 0 Å². The first kappa shape index (κ1) is 18.0. The molecule has 1 N–H and O–H groups in total. The highest BCUT2D eigenvalue weighted by atomic mass is 127. The van der Waals surface area contributed by atoms with Crippen molar-refractivity contribution in [1.82, 2.24) is 0 Å². The lowest BCUT2D eigenvalue weighted by atomic mass is 10.1. The lowest BCUT2D eigenvalue weighted by Crippen LogP contribution is -2.13. The molecule has 122 valence electrons. The molecule has 4 nitrogen and oxygen atoms in total. The molecule has 1 amide bonds. The zero-order chi connectivity index (χ0) is 17.7. The summed E-state index contributed by atoms with van der Waals surface area (Å²) in [6.07, 6.45) is 1.57. The van der Waals surface area contributed by atoms with Crippen LogP contribution in [0.4, 0.5) is 5.69 Å². The van der Waals surface area contributed by atoms with Crippen molar-refractivity contribution in [1.29, 1.82) is 5.26 Å². The van der Waals surface area contributed by atoms with Gasteiger partial charge in [0.2, 0.25) is 0 Å². The highest BCUT2D eigenvalue weighted by Gasteiger charge is 2.10. The minimum Gasteiger partial charge on any atom is -0.496 e.